The van der Waals surface area contributed by atoms with Crippen molar-refractivity contribution in [1.29, 1.82) is 0 Å². The lowest BCUT2D eigenvalue weighted by atomic mass is 10.1. The third-order valence-electron chi connectivity index (χ3n) is 4.76. The largest absolute Gasteiger partial charge is 0.312 e. The number of amides is 1. The number of anilines is 1. The molecular formula is C20H24N6O3. The van der Waals surface area contributed by atoms with Gasteiger partial charge in [0.05, 0.1) is 17.7 Å². The summed E-state index contributed by atoms with van der Waals surface area (Å²) in [6.07, 6.45) is 3.71. The predicted octanol–water partition coefficient (Wildman–Crippen LogP) is 3.71. The molecule has 0 radical (unpaired) electrons. The van der Waals surface area contributed by atoms with Gasteiger partial charge in [-0.1, -0.05) is 25.5 Å². The first-order valence-corrected chi connectivity index (χ1v) is 9.51. The summed E-state index contributed by atoms with van der Waals surface area (Å²) in [6.45, 7) is 6.56. The van der Waals surface area contributed by atoms with Crippen molar-refractivity contribution in [3.63, 3.8) is 0 Å². The molecule has 29 heavy (non-hydrogen) atoms. The Kier molecular flexibility index (Phi) is 6.06. The van der Waals surface area contributed by atoms with Crippen LogP contribution in [-0.2, 0) is 13.1 Å². The Morgan fingerprint density at radius 3 is 2.52 bits per heavy atom. The summed E-state index contributed by atoms with van der Waals surface area (Å²) in [7, 11) is 0. The lowest BCUT2D eigenvalue weighted by molar-refractivity contribution is -0.386. The molecule has 2 heterocycles. The highest BCUT2D eigenvalue weighted by molar-refractivity contribution is 6.03. The minimum absolute atomic E-state index is 0.0423. The van der Waals surface area contributed by atoms with Crippen LogP contribution in [0.1, 0.15) is 47.1 Å². The fourth-order valence-electron chi connectivity index (χ4n) is 3.15. The van der Waals surface area contributed by atoms with Crippen molar-refractivity contribution >= 4 is 17.4 Å². The van der Waals surface area contributed by atoms with Crippen molar-refractivity contribution < 1.29 is 9.72 Å². The maximum Gasteiger partial charge on any atom is 0.312 e. The van der Waals surface area contributed by atoms with E-state index in [9.17, 15) is 14.9 Å². The molecule has 1 N–H and O–H groups in total. The van der Waals surface area contributed by atoms with Crippen LogP contribution in [0.25, 0.3) is 0 Å². The maximum atomic E-state index is 12.5. The first-order valence-electron chi connectivity index (χ1n) is 9.51. The summed E-state index contributed by atoms with van der Waals surface area (Å²) in [6, 6.07) is 8.89. The van der Waals surface area contributed by atoms with E-state index in [0.717, 1.165) is 24.9 Å². The normalized spacial score (nSPS) is 10.9. The van der Waals surface area contributed by atoms with E-state index in [-0.39, 0.29) is 11.6 Å². The van der Waals surface area contributed by atoms with Gasteiger partial charge in [-0.3, -0.25) is 19.6 Å². The summed E-state index contributed by atoms with van der Waals surface area (Å²) in [5.41, 5.74) is 2.37. The van der Waals surface area contributed by atoms with Crippen molar-refractivity contribution in [3.8, 4) is 0 Å². The Bertz CT molecular complexity index is 1020. The number of benzene rings is 1. The second-order valence-corrected chi connectivity index (χ2v) is 6.88. The number of nitrogens with zero attached hydrogens (tertiary/aromatic N) is 5. The third-order valence-corrected chi connectivity index (χ3v) is 4.76. The Labute approximate surface area is 168 Å². The summed E-state index contributed by atoms with van der Waals surface area (Å²) < 4.78 is 3.39. The molecule has 3 rings (SSSR count). The van der Waals surface area contributed by atoms with Gasteiger partial charge in [-0.25, -0.2) is 4.68 Å². The summed E-state index contributed by atoms with van der Waals surface area (Å²) >= 11 is 0. The quantitative estimate of drug-likeness (QED) is 0.461. The van der Waals surface area contributed by atoms with Crippen LogP contribution in [0.4, 0.5) is 11.5 Å². The number of hydrogen-bond acceptors (Lipinski definition) is 5. The van der Waals surface area contributed by atoms with Gasteiger partial charge >= 0.3 is 5.69 Å². The van der Waals surface area contributed by atoms with Crippen LogP contribution < -0.4 is 5.32 Å². The van der Waals surface area contributed by atoms with Gasteiger partial charge in [-0.2, -0.15) is 10.2 Å². The fraction of sp³-hybridized carbons (Fsp3) is 0.350. The van der Waals surface area contributed by atoms with Crippen LogP contribution in [0.15, 0.2) is 36.5 Å². The third kappa shape index (κ3) is 4.50. The zero-order valence-electron chi connectivity index (χ0n) is 16.8. The lowest BCUT2D eigenvalue weighted by Gasteiger charge is -2.09. The fourth-order valence-corrected chi connectivity index (χ4v) is 3.15. The molecule has 1 amide bonds. The second kappa shape index (κ2) is 8.68. The SMILES string of the molecule is CCCCn1nccc1NC(=O)c1ccc(Cn2nc(C)c([N+](=O)[O-])c2C)cc1. The van der Waals surface area contributed by atoms with E-state index in [1.54, 1.807) is 47.6 Å². The zero-order chi connectivity index (χ0) is 21.0. The van der Waals surface area contributed by atoms with Gasteiger partial charge in [0.2, 0.25) is 0 Å². The molecule has 0 saturated heterocycles. The molecule has 0 aliphatic rings. The molecule has 9 heteroatoms. The van der Waals surface area contributed by atoms with Crippen LogP contribution in [0, 0.1) is 24.0 Å². The highest BCUT2D eigenvalue weighted by atomic mass is 16.6. The molecule has 0 saturated carbocycles. The van der Waals surface area contributed by atoms with Crippen molar-refractivity contribution in [2.24, 2.45) is 0 Å². The van der Waals surface area contributed by atoms with E-state index < -0.39 is 4.92 Å². The number of nitrogens with one attached hydrogen (secondary N) is 1. The average Bonchev–Trinajstić information content (AvgIpc) is 3.24. The number of carbonyl (C=O) groups excluding carboxylic acids is 1. The molecule has 3 aromatic rings. The van der Waals surface area contributed by atoms with Gasteiger partial charge in [-0.15, -0.1) is 0 Å². The van der Waals surface area contributed by atoms with Crippen molar-refractivity contribution in [2.75, 3.05) is 5.32 Å². The molecule has 0 fully saturated rings. The summed E-state index contributed by atoms with van der Waals surface area (Å²) in [5.74, 6) is 0.457. The number of nitro groups is 1. The molecular weight excluding hydrogens is 372 g/mol. The van der Waals surface area contributed by atoms with E-state index >= 15 is 0 Å². The predicted molar refractivity (Wildman–Crippen MR) is 109 cm³/mol. The van der Waals surface area contributed by atoms with Gasteiger partial charge in [0, 0.05) is 18.2 Å². The average molecular weight is 396 g/mol. The number of rotatable bonds is 8. The minimum atomic E-state index is -0.410. The smallest absolute Gasteiger partial charge is 0.307 e. The molecule has 0 aliphatic heterocycles. The molecule has 152 valence electrons. The Balaban J connectivity index is 1.69. The topological polar surface area (TPSA) is 108 Å². The van der Waals surface area contributed by atoms with Gasteiger partial charge in [0.1, 0.15) is 17.2 Å². The van der Waals surface area contributed by atoms with E-state index in [1.165, 1.54) is 0 Å². The highest BCUT2D eigenvalue weighted by Gasteiger charge is 2.21. The monoisotopic (exact) mass is 396 g/mol. The van der Waals surface area contributed by atoms with Gasteiger partial charge < -0.3 is 5.32 Å². The second-order valence-electron chi connectivity index (χ2n) is 6.88. The minimum Gasteiger partial charge on any atom is -0.307 e. The van der Waals surface area contributed by atoms with Crippen molar-refractivity contribution in [2.45, 2.75) is 46.7 Å². The van der Waals surface area contributed by atoms with E-state index in [2.05, 4.69) is 22.4 Å². The Morgan fingerprint density at radius 2 is 1.90 bits per heavy atom. The molecule has 0 atom stereocenters. The van der Waals surface area contributed by atoms with Gasteiger partial charge in [0.15, 0.2) is 0 Å². The van der Waals surface area contributed by atoms with Gasteiger partial charge in [-0.05, 0) is 38.0 Å². The zero-order valence-corrected chi connectivity index (χ0v) is 16.8. The van der Waals surface area contributed by atoms with Crippen LogP contribution in [0.5, 0.6) is 0 Å². The van der Waals surface area contributed by atoms with E-state index in [0.29, 0.717) is 29.3 Å². The van der Waals surface area contributed by atoms with Crippen molar-refractivity contribution in [3.05, 3.63) is 69.2 Å². The Morgan fingerprint density at radius 1 is 1.17 bits per heavy atom. The number of hydrogen-bond donors (Lipinski definition) is 1. The maximum absolute atomic E-state index is 12.5. The summed E-state index contributed by atoms with van der Waals surface area (Å²) in [5, 5.41) is 22.5. The lowest BCUT2D eigenvalue weighted by Crippen LogP contribution is -2.16. The number of carbonyl (C=O) groups is 1. The van der Waals surface area contributed by atoms with E-state index in [1.807, 2.05) is 12.1 Å². The standard InChI is InChI=1S/C20H24N6O3/c1-4-5-12-24-18(10-11-21-24)22-20(27)17-8-6-16(7-9-17)13-25-15(3)19(26(28)29)14(2)23-25/h6-11H,4-5,12-13H2,1-3H3,(H,22,27). The Hall–Kier alpha value is -3.49. The van der Waals surface area contributed by atoms with Crippen LogP contribution in [0.2, 0.25) is 0 Å². The number of aromatic nitrogens is 4. The molecule has 0 unspecified atom stereocenters. The van der Waals surface area contributed by atoms with Crippen molar-refractivity contribution in [1.82, 2.24) is 19.6 Å². The van der Waals surface area contributed by atoms with E-state index in [4.69, 9.17) is 0 Å². The molecule has 0 bridgehead atoms. The van der Waals surface area contributed by atoms with Crippen LogP contribution in [-0.4, -0.2) is 30.4 Å². The number of aryl methyl sites for hydroxylation is 2. The highest BCUT2D eigenvalue weighted by Crippen LogP contribution is 2.22. The first kappa shape index (κ1) is 20.2. The molecule has 0 aliphatic carbocycles. The molecule has 0 spiro atoms. The summed E-state index contributed by atoms with van der Waals surface area (Å²) in [4.78, 5) is 23.3. The van der Waals surface area contributed by atoms with Crippen LogP contribution >= 0.6 is 0 Å². The van der Waals surface area contributed by atoms with Crippen LogP contribution in [0.3, 0.4) is 0 Å². The first-order chi connectivity index (χ1) is 13.9. The molecule has 2 aromatic heterocycles. The van der Waals surface area contributed by atoms with Gasteiger partial charge in [0.25, 0.3) is 5.91 Å². The molecule has 1 aromatic carbocycles. The number of unbranched alkanes of at least 4 members (excludes halogenated alkanes) is 1. The molecule has 9 nitrogen and oxygen atoms in total.